The molecule has 0 N–H and O–H groups in total. The maximum absolute atomic E-state index is 11.1. The van der Waals surface area contributed by atoms with Gasteiger partial charge in [0.2, 0.25) is 0 Å². The van der Waals surface area contributed by atoms with Crippen LogP contribution in [0, 0.1) is 20.8 Å². The van der Waals surface area contributed by atoms with Crippen molar-refractivity contribution < 1.29 is 14.3 Å². The highest BCUT2D eigenvalue weighted by molar-refractivity contribution is 5.82. The maximum atomic E-state index is 11.1. The fraction of sp³-hybridized carbons (Fsp3) is 0.286. The maximum Gasteiger partial charge on any atom is 0.330 e. The number of methoxy groups -OCH3 is 1. The number of carbonyl (C=O) groups excluding carboxylic acids is 1. The van der Waals surface area contributed by atoms with Gasteiger partial charge in [0.1, 0.15) is 5.75 Å². The first-order valence-corrected chi connectivity index (χ1v) is 8.00. The smallest absolute Gasteiger partial charge is 0.330 e. The van der Waals surface area contributed by atoms with E-state index in [1.54, 1.807) is 26.2 Å². The highest BCUT2D eigenvalue weighted by atomic mass is 16.5. The van der Waals surface area contributed by atoms with E-state index >= 15 is 0 Å². The first kappa shape index (κ1) is 19.5. The van der Waals surface area contributed by atoms with E-state index < -0.39 is 0 Å². The molecule has 1 aromatic carbocycles. The van der Waals surface area contributed by atoms with Crippen molar-refractivity contribution in [3.8, 4) is 5.75 Å². The minimum atomic E-state index is -0.327. The van der Waals surface area contributed by atoms with Crippen LogP contribution in [0.4, 0.5) is 0 Å². The fourth-order valence-corrected chi connectivity index (χ4v) is 2.27. The lowest BCUT2D eigenvalue weighted by Gasteiger charge is -2.13. The minimum absolute atomic E-state index is 0.327. The summed E-state index contributed by atoms with van der Waals surface area (Å²) in [5, 5.41) is 0. The number of allylic oxidation sites excluding steroid dienone is 6. The molecule has 1 aromatic rings. The van der Waals surface area contributed by atoms with Gasteiger partial charge in [0.15, 0.2) is 0 Å². The quantitative estimate of drug-likeness (QED) is 0.407. The molecule has 0 saturated carbocycles. The molecule has 3 heteroatoms. The Bertz CT molecular complexity index is 677. The molecule has 0 amide bonds. The Hall–Kier alpha value is -2.55. The van der Waals surface area contributed by atoms with E-state index in [0.717, 1.165) is 11.3 Å². The van der Waals surface area contributed by atoms with Crippen LogP contribution in [0.25, 0.3) is 6.08 Å². The van der Waals surface area contributed by atoms with E-state index in [-0.39, 0.29) is 5.97 Å². The lowest BCUT2D eigenvalue weighted by molar-refractivity contribution is -0.137. The monoisotopic (exact) mass is 326 g/mol. The number of hydrogen-bond acceptors (Lipinski definition) is 3. The van der Waals surface area contributed by atoms with Crippen molar-refractivity contribution in [2.45, 2.75) is 27.7 Å². The summed E-state index contributed by atoms with van der Waals surface area (Å²) in [6.07, 6.45) is 14.7. The van der Waals surface area contributed by atoms with Crippen LogP contribution in [0.2, 0.25) is 0 Å². The molecule has 0 fully saturated rings. The van der Waals surface area contributed by atoms with Crippen LogP contribution in [-0.4, -0.2) is 19.7 Å². The Morgan fingerprint density at radius 3 is 2.25 bits per heavy atom. The molecule has 0 radical (unpaired) electrons. The van der Waals surface area contributed by atoms with Gasteiger partial charge in [0.25, 0.3) is 0 Å². The van der Waals surface area contributed by atoms with Crippen molar-refractivity contribution in [3.63, 3.8) is 0 Å². The third-order valence-corrected chi connectivity index (χ3v) is 3.67. The van der Waals surface area contributed by atoms with Crippen molar-refractivity contribution in [2.24, 2.45) is 0 Å². The van der Waals surface area contributed by atoms with Crippen molar-refractivity contribution >= 4 is 12.0 Å². The lowest BCUT2D eigenvalue weighted by Crippen LogP contribution is -1.98. The molecule has 0 unspecified atom stereocenters. The minimum Gasteiger partial charge on any atom is -0.496 e. The number of hydrogen-bond donors (Lipinski definition) is 0. The van der Waals surface area contributed by atoms with Gasteiger partial charge in [-0.1, -0.05) is 42.5 Å². The second-order valence-electron chi connectivity index (χ2n) is 5.30. The number of rotatable bonds is 7. The zero-order valence-corrected chi connectivity index (χ0v) is 15.1. The molecule has 3 nitrogen and oxygen atoms in total. The Labute approximate surface area is 145 Å². The van der Waals surface area contributed by atoms with Gasteiger partial charge in [-0.3, -0.25) is 0 Å². The lowest BCUT2D eigenvalue weighted by atomic mass is 9.97. The van der Waals surface area contributed by atoms with Crippen molar-refractivity contribution in [1.82, 2.24) is 0 Å². The molecule has 0 aliphatic heterocycles. The fourth-order valence-electron chi connectivity index (χ4n) is 2.27. The molecule has 0 aliphatic carbocycles. The standard InChI is InChI=1S/C21H26O3/c1-6-24-21(22)14-12-10-8-7-9-11-13-19-16(2)15-20(23-5)18(4)17(19)3/h7-15H,6H2,1-5H3. The van der Waals surface area contributed by atoms with E-state index in [4.69, 9.17) is 9.47 Å². The van der Waals surface area contributed by atoms with Crippen molar-refractivity contribution in [3.05, 3.63) is 70.9 Å². The van der Waals surface area contributed by atoms with Crippen molar-refractivity contribution in [1.29, 1.82) is 0 Å². The summed E-state index contributed by atoms with van der Waals surface area (Å²) < 4.78 is 10.2. The van der Waals surface area contributed by atoms with E-state index in [2.05, 4.69) is 32.9 Å². The summed E-state index contributed by atoms with van der Waals surface area (Å²) in [6, 6.07) is 2.06. The summed E-state index contributed by atoms with van der Waals surface area (Å²) >= 11 is 0. The molecule has 0 spiro atoms. The van der Waals surface area contributed by atoms with Gasteiger partial charge in [-0.15, -0.1) is 0 Å². The zero-order chi connectivity index (χ0) is 17.9. The predicted molar refractivity (Wildman–Crippen MR) is 100 cm³/mol. The Morgan fingerprint density at radius 2 is 1.62 bits per heavy atom. The Morgan fingerprint density at radius 1 is 1.00 bits per heavy atom. The highest BCUT2D eigenvalue weighted by Crippen LogP contribution is 2.28. The molecule has 0 atom stereocenters. The third kappa shape index (κ3) is 5.92. The summed E-state index contributed by atoms with van der Waals surface area (Å²) in [7, 11) is 1.70. The van der Waals surface area contributed by atoms with Gasteiger partial charge in [-0.25, -0.2) is 4.79 Å². The van der Waals surface area contributed by atoms with Gasteiger partial charge in [0, 0.05) is 6.08 Å². The first-order valence-electron chi connectivity index (χ1n) is 8.00. The average Bonchev–Trinajstić information content (AvgIpc) is 2.56. The Balaban J connectivity index is 2.68. The van der Waals surface area contributed by atoms with Crippen LogP contribution < -0.4 is 4.74 Å². The molecule has 1 rings (SSSR count). The van der Waals surface area contributed by atoms with E-state index in [0.29, 0.717) is 6.61 Å². The van der Waals surface area contributed by atoms with Gasteiger partial charge in [-0.2, -0.15) is 0 Å². The second-order valence-corrected chi connectivity index (χ2v) is 5.30. The molecule has 128 valence electrons. The first-order chi connectivity index (χ1) is 11.5. The number of ether oxygens (including phenoxy) is 2. The van der Waals surface area contributed by atoms with E-state index in [9.17, 15) is 4.79 Å². The number of aryl methyl sites for hydroxylation is 1. The van der Waals surface area contributed by atoms with Crippen LogP contribution in [0.5, 0.6) is 5.75 Å². The van der Waals surface area contributed by atoms with Crippen LogP contribution in [0.15, 0.2) is 48.6 Å². The predicted octanol–water partition coefficient (Wildman–Crippen LogP) is 4.87. The van der Waals surface area contributed by atoms with E-state index in [1.165, 1.54) is 22.8 Å². The van der Waals surface area contributed by atoms with Crippen LogP contribution >= 0.6 is 0 Å². The third-order valence-electron chi connectivity index (χ3n) is 3.67. The van der Waals surface area contributed by atoms with Gasteiger partial charge >= 0.3 is 5.97 Å². The average molecular weight is 326 g/mol. The van der Waals surface area contributed by atoms with Gasteiger partial charge in [0.05, 0.1) is 13.7 Å². The molecule has 0 aliphatic rings. The zero-order valence-electron chi connectivity index (χ0n) is 15.1. The molecule has 0 saturated heterocycles. The van der Waals surface area contributed by atoms with Crippen LogP contribution in [0.1, 0.15) is 29.2 Å². The molecular formula is C21H26O3. The molecule has 0 bridgehead atoms. The normalized spacial score (nSPS) is 12.0. The summed E-state index contributed by atoms with van der Waals surface area (Å²) in [5.41, 5.74) is 4.79. The number of esters is 1. The number of carbonyl (C=O) groups is 1. The Kier molecular flexibility index (Phi) is 8.34. The number of benzene rings is 1. The SMILES string of the molecule is CCOC(=O)C=CC=CC=CC=Cc1c(C)cc(OC)c(C)c1C. The van der Waals surface area contributed by atoms with Crippen LogP contribution in [-0.2, 0) is 9.53 Å². The summed E-state index contributed by atoms with van der Waals surface area (Å²) in [5.74, 6) is 0.598. The van der Waals surface area contributed by atoms with Crippen LogP contribution in [0.3, 0.4) is 0 Å². The van der Waals surface area contributed by atoms with Gasteiger partial charge < -0.3 is 9.47 Å². The highest BCUT2D eigenvalue weighted by Gasteiger charge is 2.07. The molecule has 24 heavy (non-hydrogen) atoms. The molecule has 0 aromatic heterocycles. The van der Waals surface area contributed by atoms with Gasteiger partial charge in [-0.05, 0) is 56.0 Å². The molecule has 0 heterocycles. The summed E-state index contributed by atoms with van der Waals surface area (Å²) in [6.45, 7) is 8.43. The van der Waals surface area contributed by atoms with E-state index in [1.807, 2.05) is 24.3 Å². The largest absolute Gasteiger partial charge is 0.496 e. The topological polar surface area (TPSA) is 35.5 Å². The second kappa shape index (κ2) is 10.3. The van der Waals surface area contributed by atoms with Crippen molar-refractivity contribution in [2.75, 3.05) is 13.7 Å². The summed E-state index contributed by atoms with van der Waals surface area (Å²) in [4.78, 5) is 11.1. The molecular weight excluding hydrogens is 300 g/mol.